The van der Waals surface area contributed by atoms with Gasteiger partial charge >= 0.3 is 12.1 Å². The zero-order valence-corrected chi connectivity index (χ0v) is 13.9. The summed E-state index contributed by atoms with van der Waals surface area (Å²) in [6.07, 6.45) is -4.77. The molecule has 4 nitrogen and oxygen atoms in total. The first-order valence-corrected chi connectivity index (χ1v) is 7.84. The van der Waals surface area contributed by atoms with Crippen LogP contribution in [-0.4, -0.2) is 26.4 Å². The summed E-state index contributed by atoms with van der Waals surface area (Å²) in [5.41, 5.74) is -0.137. The van der Waals surface area contributed by atoms with Gasteiger partial charge in [0.25, 0.3) is 0 Å². The second kappa shape index (κ2) is 6.54. The van der Waals surface area contributed by atoms with Crippen molar-refractivity contribution in [1.82, 2.24) is 10.1 Å². The van der Waals surface area contributed by atoms with Crippen LogP contribution in [-0.2, 0) is 6.18 Å². The van der Waals surface area contributed by atoms with E-state index in [-0.39, 0.29) is 21.6 Å². The second-order valence-corrected chi connectivity index (χ2v) is 7.74. The lowest BCUT2D eigenvalue weighted by atomic mass is 10.1. The summed E-state index contributed by atoms with van der Waals surface area (Å²) in [4.78, 5) is 15.2. The van der Waals surface area contributed by atoms with Crippen LogP contribution < -0.4 is 0 Å². The zero-order chi connectivity index (χ0) is 18.1. The van der Waals surface area contributed by atoms with Gasteiger partial charge in [-0.15, -0.1) is 11.8 Å². The molecule has 1 heterocycles. The number of hydrogen-bond acceptors (Lipinski definition) is 5. The van der Waals surface area contributed by atoms with Crippen LogP contribution in [0.2, 0.25) is 0 Å². The minimum absolute atomic E-state index is 0.00762. The van der Waals surface area contributed by atoms with Crippen LogP contribution in [0.3, 0.4) is 0 Å². The molecule has 0 N–H and O–H groups in total. The maximum absolute atomic E-state index is 14.1. The summed E-state index contributed by atoms with van der Waals surface area (Å²) in [5.74, 6) is -3.06. The minimum atomic E-state index is -4.77. The lowest BCUT2D eigenvalue weighted by Gasteiger charge is -2.16. The van der Waals surface area contributed by atoms with Crippen LogP contribution in [0.5, 0.6) is 0 Å². The fourth-order valence-corrected chi connectivity index (χ4v) is 2.42. The lowest BCUT2D eigenvalue weighted by Crippen LogP contribution is -2.14. The first kappa shape index (κ1) is 18.4. The fraction of sp³-hybridized carbons (Fsp3) is 0.400. The number of carbonyl (C=O) groups is 1. The molecule has 1 aromatic carbocycles. The molecule has 1 aromatic heterocycles. The highest BCUT2D eigenvalue weighted by Crippen LogP contribution is 2.30. The highest BCUT2D eigenvalue weighted by atomic mass is 32.2. The summed E-state index contributed by atoms with van der Waals surface area (Å²) >= 11 is 1.37. The number of Topliss-reactive ketones (excluding diaryl/α,β-unsaturated/α-hetero) is 1. The predicted molar refractivity (Wildman–Crippen MR) is 81.2 cm³/mol. The van der Waals surface area contributed by atoms with Crippen molar-refractivity contribution >= 4 is 17.5 Å². The van der Waals surface area contributed by atoms with Crippen molar-refractivity contribution in [1.29, 1.82) is 0 Å². The number of benzene rings is 1. The Hall–Kier alpha value is -1.90. The van der Waals surface area contributed by atoms with Gasteiger partial charge in [0, 0.05) is 10.3 Å². The summed E-state index contributed by atoms with van der Waals surface area (Å²) < 4.78 is 55.3. The quantitative estimate of drug-likeness (QED) is 0.587. The Morgan fingerprint density at radius 3 is 2.42 bits per heavy atom. The van der Waals surface area contributed by atoms with Crippen molar-refractivity contribution in [3.63, 3.8) is 0 Å². The van der Waals surface area contributed by atoms with E-state index in [0.717, 1.165) is 6.07 Å². The van der Waals surface area contributed by atoms with Gasteiger partial charge in [0.2, 0.25) is 5.82 Å². The molecule has 24 heavy (non-hydrogen) atoms. The molecule has 0 saturated heterocycles. The van der Waals surface area contributed by atoms with Crippen molar-refractivity contribution in [2.75, 3.05) is 5.75 Å². The van der Waals surface area contributed by atoms with Gasteiger partial charge in [0.1, 0.15) is 5.82 Å². The summed E-state index contributed by atoms with van der Waals surface area (Å²) in [6, 6.07) is 3.41. The van der Waals surface area contributed by atoms with E-state index in [1.165, 1.54) is 23.9 Å². The second-order valence-electron chi connectivity index (χ2n) is 5.94. The Labute approximate surface area is 139 Å². The summed E-state index contributed by atoms with van der Waals surface area (Å²) in [5, 5.41) is 3.18. The molecule has 0 atom stereocenters. The molecular weight excluding hydrogens is 348 g/mol. The monoisotopic (exact) mass is 362 g/mol. The molecule has 0 unspecified atom stereocenters. The Morgan fingerprint density at radius 1 is 1.25 bits per heavy atom. The predicted octanol–water partition coefficient (Wildman–Crippen LogP) is 4.61. The van der Waals surface area contributed by atoms with Crippen LogP contribution in [0.1, 0.15) is 37.0 Å². The van der Waals surface area contributed by atoms with Crippen molar-refractivity contribution in [2.45, 2.75) is 31.7 Å². The number of halogens is 4. The standard InChI is InChI=1S/C15H14F4N2O2S/c1-14(2,3)24-7-11(22)9-5-4-8(6-10(9)16)12-20-13(23-21-12)15(17,18)19/h4-6H,7H2,1-3H3. The molecule has 2 aromatic rings. The first-order chi connectivity index (χ1) is 11.0. The molecule has 0 aliphatic rings. The van der Waals surface area contributed by atoms with Crippen molar-refractivity contribution in [2.24, 2.45) is 0 Å². The van der Waals surface area contributed by atoms with Gasteiger partial charge < -0.3 is 4.52 Å². The van der Waals surface area contributed by atoms with Crippen molar-refractivity contribution < 1.29 is 26.9 Å². The van der Waals surface area contributed by atoms with Gasteiger partial charge in [-0.3, -0.25) is 4.79 Å². The van der Waals surface area contributed by atoms with Crippen LogP contribution in [0.4, 0.5) is 17.6 Å². The average molecular weight is 362 g/mol. The third kappa shape index (κ3) is 4.56. The van der Waals surface area contributed by atoms with Gasteiger partial charge in [-0.05, 0) is 12.1 Å². The smallest absolute Gasteiger partial charge is 0.329 e. The Kier molecular flexibility index (Phi) is 5.03. The van der Waals surface area contributed by atoms with Gasteiger partial charge in [-0.25, -0.2) is 4.39 Å². The number of aromatic nitrogens is 2. The topological polar surface area (TPSA) is 56.0 Å². The van der Waals surface area contributed by atoms with Gasteiger partial charge in [-0.1, -0.05) is 32.0 Å². The first-order valence-electron chi connectivity index (χ1n) is 6.85. The maximum atomic E-state index is 14.1. The molecule has 0 aliphatic heterocycles. The minimum Gasteiger partial charge on any atom is -0.329 e. The fourth-order valence-electron chi connectivity index (χ4n) is 1.70. The number of hydrogen-bond donors (Lipinski definition) is 0. The van der Waals surface area contributed by atoms with E-state index >= 15 is 0 Å². The van der Waals surface area contributed by atoms with E-state index < -0.39 is 29.5 Å². The molecular formula is C15H14F4N2O2S. The van der Waals surface area contributed by atoms with Gasteiger partial charge in [0.15, 0.2) is 5.78 Å². The third-order valence-corrected chi connectivity index (χ3v) is 4.11. The molecule has 0 fully saturated rings. The number of carbonyl (C=O) groups excluding carboxylic acids is 1. The number of nitrogens with zero attached hydrogens (tertiary/aromatic N) is 2. The summed E-state index contributed by atoms with van der Waals surface area (Å²) in [7, 11) is 0. The number of ketones is 1. The van der Waals surface area contributed by atoms with Crippen LogP contribution in [0.15, 0.2) is 22.7 Å². The zero-order valence-electron chi connectivity index (χ0n) is 13.1. The number of alkyl halides is 3. The van der Waals surface area contributed by atoms with Gasteiger partial charge in [0.05, 0.1) is 11.3 Å². The average Bonchev–Trinajstić information content (AvgIpc) is 2.93. The highest BCUT2D eigenvalue weighted by molar-refractivity contribution is 8.01. The summed E-state index contributed by atoms with van der Waals surface area (Å²) in [6.45, 7) is 5.79. The molecule has 0 spiro atoms. The van der Waals surface area contributed by atoms with E-state index in [0.29, 0.717) is 0 Å². The van der Waals surface area contributed by atoms with E-state index in [2.05, 4.69) is 14.7 Å². The third-order valence-electron chi connectivity index (χ3n) is 2.83. The Morgan fingerprint density at radius 2 is 1.92 bits per heavy atom. The van der Waals surface area contributed by atoms with Crippen LogP contribution in [0, 0.1) is 5.82 Å². The molecule has 2 rings (SSSR count). The molecule has 0 radical (unpaired) electrons. The lowest BCUT2D eigenvalue weighted by molar-refractivity contribution is -0.159. The van der Waals surface area contributed by atoms with E-state index in [1.807, 2.05) is 20.8 Å². The Balaban J connectivity index is 2.21. The molecule has 0 saturated carbocycles. The van der Waals surface area contributed by atoms with Crippen molar-refractivity contribution in [3.8, 4) is 11.4 Å². The van der Waals surface area contributed by atoms with E-state index in [4.69, 9.17) is 0 Å². The highest BCUT2D eigenvalue weighted by Gasteiger charge is 2.38. The van der Waals surface area contributed by atoms with E-state index in [9.17, 15) is 22.4 Å². The van der Waals surface area contributed by atoms with Crippen LogP contribution >= 0.6 is 11.8 Å². The SMILES string of the molecule is CC(C)(C)SCC(=O)c1ccc(-c2noc(C(F)(F)F)n2)cc1F. The number of rotatable bonds is 4. The maximum Gasteiger partial charge on any atom is 0.471 e. The normalized spacial score (nSPS) is 12.5. The molecule has 0 aliphatic carbocycles. The molecule has 130 valence electrons. The Bertz CT molecular complexity index is 751. The molecule has 0 bridgehead atoms. The molecule has 9 heteroatoms. The molecule has 0 amide bonds. The van der Waals surface area contributed by atoms with E-state index in [1.54, 1.807) is 0 Å². The largest absolute Gasteiger partial charge is 0.471 e. The van der Waals surface area contributed by atoms with Crippen molar-refractivity contribution in [3.05, 3.63) is 35.5 Å². The van der Waals surface area contributed by atoms with Gasteiger partial charge in [-0.2, -0.15) is 18.2 Å². The van der Waals surface area contributed by atoms with Crippen LogP contribution in [0.25, 0.3) is 11.4 Å². The number of thioether (sulfide) groups is 1.